The van der Waals surface area contributed by atoms with Crippen molar-refractivity contribution in [2.45, 2.75) is 12.1 Å². The third kappa shape index (κ3) is 1.70. The lowest BCUT2D eigenvalue weighted by Gasteiger charge is -2.28. The number of ether oxygens (including phenoxy) is 1. The lowest BCUT2D eigenvalue weighted by Crippen LogP contribution is -2.39. The molecule has 4 rings (SSSR count). The van der Waals surface area contributed by atoms with Crippen LogP contribution in [0.5, 0.6) is 5.75 Å². The van der Waals surface area contributed by atoms with E-state index in [1.807, 2.05) is 23.0 Å². The van der Waals surface area contributed by atoms with Crippen LogP contribution in [0.15, 0.2) is 37.1 Å². The van der Waals surface area contributed by atoms with Crippen molar-refractivity contribution in [3.63, 3.8) is 0 Å². The van der Waals surface area contributed by atoms with Crippen molar-refractivity contribution in [1.29, 1.82) is 0 Å². The molecule has 7 heteroatoms. The van der Waals surface area contributed by atoms with Gasteiger partial charge in [0.1, 0.15) is 23.9 Å². The van der Waals surface area contributed by atoms with Crippen molar-refractivity contribution in [2.75, 3.05) is 11.6 Å². The van der Waals surface area contributed by atoms with E-state index < -0.39 is 5.18 Å². The van der Waals surface area contributed by atoms with Crippen LogP contribution in [-0.2, 0) is 5.18 Å². The summed E-state index contributed by atoms with van der Waals surface area (Å²) in [5.41, 5.74) is 3.62. The van der Waals surface area contributed by atoms with E-state index in [2.05, 4.69) is 33.3 Å². The molecule has 6 nitrogen and oxygen atoms in total. The van der Waals surface area contributed by atoms with Crippen molar-refractivity contribution in [2.24, 2.45) is 0 Å². The summed E-state index contributed by atoms with van der Waals surface area (Å²) < 4.78 is 8.09. The molecule has 1 aliphatic rings. The monoisotopic (exact) mass is 299 g/mol. The molecule has 0 fully saturated rings. The molecule has 1 N–H and O–H groups in total. The van der Waals surface area contributed by atoms with Crippen LogP contribution in [0.1, 0.15) is 5.56 Å². The highest BCUT2D eigenvalue weighted by atomic mass is 32.2. The fraction of sp³-hybridized carbons (Fsp3) is 0.214. The topological polar surface area (TPSA) is 64.9 Å². The van der Waals surface area contributed by atoms with Crippen LogP contribution in [0.4, 0.5) is 5.69 Å². The molecule has 0 bridgehead atoms. The number of fused-ring (bicyclic) bond motifs is 2. The van der Waals surface area contributed by atoms with E-state index in [0.717, 1.165) is 28.2 Å². The Balaban J connectivity index is 1.89. The van der Waals surface area contributed by atoms with Gasteiger partial charge in [0.25, 0.3) is 0 Å². The second-order valence-electron chi connectivity index (χ2n) is 4.81. The van der Waals surface area contributed by atoms with Crippen molar-refractivity contribution in [1.82, 2.24) is 19.5 Å². The summed E-state index contributed by atoms with van der Waals surface area (Å²) in [6, 6.07) is 6.00. The van der Waals surface area contributed by atoms with Gasteiger partial charge in [-0.05, 0) is 24.8 Å². The third-order valence-corrected chi connectivity index (χ3v) is 4.51. The molecule has 0 saturated heterocycles. The molecular weight excluding hydrogens is 286 g/mol. The molecule has 106 valence electrons. The second-order valence-corrected chi connectivity index (χ2v) is 5.77. The zero-order valence-electron chi connectivity index (χ0n) is 11.6. The predicted octanol–water partition coefficient (Wildman–Crippen LogP) is 2.57. The zero-order valence-corrected chi connectivity index (χ0v) is 12.4. The Morgan fingerprint density at radius 1 is 1.33 bits per heavy atom. The average Bonchev–Trinajstić information content (AvgIpc) is 3.09. The molecule has 2 aromatic heterocycles. The number of aromatic nitrogens is 4. The highest BCUT2D eigenvalue weighted by Gasteiger charge is 2.42. The largest absolute Gasteiger partial charge is 0.438 e. The molecule has 0 radical (unpaired) electrons. The number of aryl methyl sites for hydroxylation is 1. The van der Waals surface area contributed by atoms with Gasteiger partial charge in [0.15, 0.2) is 5.65 Å². The fourth-order valence-electron chi connectivity index (χ4n) is 2.50. The molecule has 1 atom stereocenters. The Hall–Kier alpha value is -2.28. The maximum Gasteiger partial charge on any atom is 0.320 e. The van der Waals surface area contributed by atoms with Crippen LogP contribution in [0.25, 0.3) is 11.2 Å². The summed E-state index contributed by atoms with van der Waals surface area (Å²) in [5, 5.41) is 2.68. The molecule has 0 amide bonds. The Morgan fingerprint density at radius 3 is 3.05 bits per heavy atom. The normalized spacial score (nSPS) is 20.1. The summed E-state index contributed by atoms with van der Waals surface area (Å²) in [4.78, 5) is 12.7. The number of nitrogens with one attached hydrogen (secondary N) is 1. The van der Waals surface area contributed by atoms with Crippen LogP contribution in [0, 0.1) is 6.92 Å². The number of hydrogen-bond donors (Lipinski definition) is 1. The summed E-state index contributed by atoms with van der Waals surface area (Å²) in [6.07, 6.45) is 6.92. The van der Waals surface area contributed by atoms with Gasteiger partial charge in [-0.1, -0.05) is 23.9 Å². The van der Waals surface area contributed by atoms with E-state index in [1.165, 1.54) is 6.33 Å². The van der Waals surface area contributed by atoms with E-state index in [1.54, 1.807) is 24.3 Å². The van der Waals surface area contributed by atoms with Gasteiger partial charge in [-0.3, -0.25) is 0 Å². The van der Waals surface area contributed by atoms with E-state index in [-0.39, 0.29) is 0 Å². The molecule has 1 unspecified atom stereocenters. The molecule has 1 aromatic carbocycles. The van der Waals surface area contributed by atoms with Crippen molar-refractivity contribution in [3.8, 4) is 5.75 Å². The van der Waals surface area contributed by atoms with Crippen LogP contribution in [0.3, 0.4) is 0 Å². The van der Waals surface area contributed by atoms with Crippen LogP contribution in [0.2, 0.25) is 0 Å². The van der Waals surface area contributed by atoms with Gasteiger partial charge in [-0.15, -0.1) is 0 Å². The molecule has 21 heavy (non-hydrogen) atoms. The number of imidazole rings is 1. The van der Waals surface area contributed by atoms with Gasteiger partial charge in [-0.25, -0.2) is 19.5 Å². The molecule has 0 aliphatic carbocycles. The number of benzene rings is 1. The molecule has 1 aliphatic heterocycles. The van der Waals surface area contributed by atoms with Crippen molar-refractivity contribution in [3.05, 3.63) is 42.6 Å². The summed E-state index contributed by atoms with van der Waals surface area (Å²) in [5.74, 6) is 0.834. The summed E-state index contributed by atoms with van der Waals surface area (Å²) in [7, 11) is 0. The summed E-state index contributed by atoms with van der Waals surface area (Å²) in [6.45, 7) is 2.06. The second kappa shape index (κ2) is 4.36. The Kier molecular flexibility index (Phi) is 2.58. The van der Waals surface area contributed by atoms with E-state index in [0.29, 0.717) is 0 Å². The molecule has 0 saturated carbocycles. The Morgan fingerprint density at radius 2 is 2.24 bits per heavy atom. The van der Waals surface area contributed by atoms with E-state index in [4.69, 9.17) is 4.74 Å². The van der Waals surface area contributed by atoms with Gasteiger partial charge in [0.05, 0.1) is 11.9 Å². The standard InChI is InChI=1S/C14H13N5OS/c1-9-4-3-5-11-12(9)18-14(20-11,21-2)19-8-17-10-6-15-7-16-13(10)19/h3-8,18H,1-2H3. The molecular formula is C14H13N5OS. The zero-order chi connectivity index (χ0) is 14.4. The number of para-hydroxylation sites is 1. The van der Waals surface area contributed by atoms with Gasteiger partial charge in [0, 0.05) is 0 Å². The SMILES string of the molecule is CSC1(n2cnc3cncnc32)Nc2c(C)cccc2O1. The van der Waals surface area contributed by atoms with E-state index in [9.17, 15) is 0 Å². The minimum Gasteiger partial charge on any atom is -0.438 e. The lowest BCUT2D eigenvalue weighted by molar-refractivity contribution is 0.146. The fourth-order valence-corrected chi connectivity index (χ4v) is 3.21. The minimum absolute atomic E-state index is 0.734. The lowest BCUT2D eigenvalue weighted by atomic mass is 10.2. The van der Waals surface area contributed by atoms with E-state index >= 15 is 0 Å². The highest BCUT2D eigenvalue weighted by molar-refractivity contribution is 7.99. The van der Waals surface area contributed by atoms with Gasteiger partial charge < -0.3 is 10.1 Å². The quantitative estimate of drug-likeness (QED) is 0.784. The highest BCUT2D eigenvalue weighted by Crippen LogP contribution is 2.46. The van der Waals surface area contributed by atoms with Gasteiger partial charge >= 0.3 is 5.18 Å². The van der Waals surface area contributed by atoms with Crippen molar-refractivity contribution >= 4 is 28.6 Å². The molecule has 0 spiro atoms. The van der Waals surface area contributed by atoms with Crippen LogP contribution >= 0.6 is 11.8 Å². The first kappa shape index (κ1) is 12.5. The summed E-state index contributed by atoms with van der Waals surface area (Å²) >= 11 is 1.55. The van der Waals surface area contributed by atoms with Gasteiger partial charge in [0.2, 0.25) is 0 Å². The van der Waals surface area contributed by atoms with Crippen LogP contribution in [-0.4, -0.2) is 25.8 Å². The first-order valence-corrected chi connectivity index (χ1v) is 7.71. The maximum atomic E-state index is 6.19. The predicted molar refractivity (Wildman–Crippen MR) is 82.2 cm³/mol. The smallest absolute Gasteiger partial charge is 0.320 e. The van der Waals surface area contributed by atoms with Crippen molar-refractivity contribution < 1.29 is 4.74 Å². The third-order valence-electron chi connectivity index (χ3n) is 3.57. The van der Waals surface area contributed by atoms with Gasteiger partial charge in [-0.2, -0.15) is 0 Å². The van der Waals surface area contributed by atoms with Crippen LogP contribution < -0.4 is 10.1 Å². The Labute approximate surface area is 125 Å². The first-order chi connectivity index (χ1) is 10.2. The number of hydrogen-bond acceptors (Lipinski definition) is 6. The number of anilines is 1. The first-order valence-electron chi connectivity index (χ1n) is 6.49. The minimum atomic E-state index is -0.780. The molecule has 3 heterocycles. The Bertz CT molecular complexity index is 833. The molecule has 3 aromatic rings. The maximum absolute atomic E-state index is 6.19. The number of thioether (sulfide) groups is 1. The average molecular weight is 299 g/mol. The number of rotatable bonds is 2. The number of nitrogens with zero attached hydrogens (tertiary/aromatic N) is 4.